The van der Waals surface area contributed by atoms with Crippen molar-refractivity contribution in [2.24, 2.45) is 5.73 Å². The zero-order chi connectivity index (χ0) is 15.5. The van der Waals surface area contributed by atoms with Crippen LogP contribution < -0.4 is 10.5 Å². The van der Waals surface area contributed by atoms with Gasteiger partial charge in [0.2, 0.25) is 10.0 Å². The van der Waals surface area contributed by atoms with E-state index >= 15 is 0 Å². The molecule has 1 aromatic heterocycles. The van der Waals surface area contributed by atoms with Crippen molar-refractivity contribution >= 4 is 26.0 Å². The minimum Gasteiger partial charge on any atom is -0.452 e. The largest absolute Gasteiger partial charge is 0.452 e. The van der Waals surface area contributed by atoms with Crippen molar-refractivity contribution in [2.45, 2.75) is 24.4 Å². The number of sulfonamides is 1. The standard InChI is InChI=1S/C12H20BrN3O4S/c1-9(8-16-2-4-19-5-3-16)15-21(17,18)11-6-10(7-14)20-12(11)13/h6,9,15H,2-5,7-8,14H2,1H3. The van der Waals surface area contributed by atoms with Gasteiger partial charge in [-0.2, -0.15) is 0 Å². The van der Waals surface area contributed by atoms with Crippen LogP contribution in [0.25, 0.3) is 0 Å². The lowest BCUT2D eigenvalue weighted by Gasteiger charge is -2.29. The molecule has 0 amide bonds. The fourth-order valence-electron chi connectivity index (χ4n) is 2.22. The van der Waals surface area contributed by atoms with Crippen LogP contribution in [0.4, 0.5) is 0 Å². The highest BCUT2D eigenvalue weighted by atomic mass is 79.9. The van der Waals surface area contributed by atoms with Gasteiger partial charge in [-0.05, 0) is 22.9 Å². The van der Waals surface area contributed by atoms with E-state index < -0.39 is 10.0 Å². The summed E-state index contributed by atoms with van der Waals surface area (Å²) in [5.41, 5.74) is 5.45. The van der Waals surface area contributed by atoms with E-state index in [9.17, 15) is 8.42 Å². The van der Waals surface area contributed by atoms with E-state index in [2.05, 4.69) is 25.6 Å². The normalized spacial score (nSPS) is 18.8. The average molecular weight is 382 g/mol. The molecule has 120 valence electrons. The molecule has 1 aliphatic rings. The van der Waals surface area contributed by atoms with Crippen LogP contribution in [0.3, 0.4) is 0 Å². The third kappa shape index (κ3) is 4.51. The summed E-state index contributed by atoms with van der Waals surface area (Å²) >= 11 is 3.11. The summed E-state index contributed by atoms with van der Waals surface area (Å²) in [6.07, 6.45) is 0. The monoisotopic (exact) mass is 381 g/mol. The summed E-state index contributed by atoms with van der Waals surface area (Å²) in [5.74, 6) is 0.420. The first-order chi connectivity index (χ1) is 9.92. The topological polar surface area (TPSA) is 97.8 Å². The zero-order valence-electron chi connectivity index (χ0n) is 11.8. The molecule has 0 bridgehead atoms. The number of hydrogen-bond donors (Lipinski definition) is 2. The second kappa shape index (κ2) is 7.21. The zero-order valence-corrected chi connectivity index (χ0v) is 14.2. The second-order valence-corrected chi connectivity index (χ2v) is 7.39. The number of nitrogens with zero attached hydrogens (tertiary/aromatic N) is 1. The highest BCUT2D eigenvalue weighted by molar-refractivity contribution is 9.10. The molecule has 21 heavy (non-hydrogen) atoms. The maximum Gasteiger partial charge on any atom is 0.245 e. The number of nitrogens with two attached hydrogens (primary N) is 1. The molecule has 7 nitrogen and oxygen atoms in total. The first kappa shape index (κ1) is 16.9. The Balaban J connectivity index is 2.00. The van der Waals surface area contributed by atoms with Crippen molar-refractivity contribution in [3.8, 4) is 0 Å². The molecular formula is C12H20BrN3O4S. The molecule has 1 aliphatic heterocycles. The van der Waals surface area contributed by atoms with Gasteiger partial charge in [0, 0.05) is 31.7 Å². The quantitative estimate of drug-likeness (QED) is 0.744. The van der Waals surface area contributed by atoms with E-state index in [0.717, 1.165) is 13.1 Å². The molecule has 2 rings (SSSR count). The van der Waals surface area contributed by atoms with Gasteiger partial charge in [0.05, 0.1) is 19.8 Å². The van der Waals surface area contributed by atoms with Crippen LogP contribution in [0.2, 0.25) is 0 Å². The van der Waals surface area contributed by atoms with Crippen LogP contribution in [0.15, 0.2) is 20.0 Å². The van der Waals surface area contributed by atoms with Gasteiger partial charge in [-0.25, -0.2) is 13.1 Å². The van der Waals surface area contributed by atoms with Crippen LogP contribution >= 0.6 is 15.9 Å². The molecule has 9 heteroatoms. The molecule has 0 spiro atoms. The number of nitrogens with one attached hydrogen (secondary N) is 1. The molecule has 0 aromatic carbocycles. The number of furan rings is 1. The fourth-order valence-corrected chi connectivity index (χ4v) is 4.45. The molecule has 1 atom stereocenters. The van der Waals surface area contributed by atoms with Gasteiger partial charge in [-0.3, -0.25) is 4.90 Å². The van der Waals surface area contributed by atoms with Crippen molar-refractivity contribution in [1.82, 2.24) is 9.62 Å². The molecule has 1 fully saturated rings. The highest BCUT2D eigenvalue weighted by Gasteiger charge is 2.25. The van der Waals surface area contributed by atoms with Gasteiger partial charge in [-0.15, -0.1) is 0 Å². The Hall–Kier alpha value is -0.450. The minimum atomic E-state index is -3.63. The Morgan fingerprint density at radius 2 is 2.14 bits per heavy atom. The molecule has 0 saturated carbocycles. The summed E-state index contributed by atoms with van der Waals surface area (Å²) in [7, 11) is -3.63. The average Bonchev–Trinajstić information content (AvgIpc) is 2.81. The summed E-state index contributed by atoms with van der Waals surface area (Å²) < 4.78 is 38.0. The van der Waals surface area contributed by atoms with Crippen LogP contribution in [0.1, 0.15) is 12.7 Å². The second-order valence-electron chi connectivity index (χ2n) is 4.99. The highest BCUT2D eigenvalue weighted by Crippen LogP contribution is 2.26. The molecule has 0 radical (unpaired) electrons. The summed E-state index contributed by atoms with van der Waals surface area (Å²) in [4.78, 5) is 2.25. The first-order valence-corrected chi connectivity index (χ1v) is 9.00. The fraction of sp³-hybridized carbons (Fsp3) is 0.667. The third-order valence-corrected chi connectivity index (χ3v) is 5.64. The third-order valence-electron chi connectivity index (χ3n) is 3.19. The van der Waals surface area contributed by atoms with E-state index in [1.54, 1.807) is 0 Å². The maximum atomic E-state index is 12.3. The van der Waals surface area contributed by atoms with Crippen molar-refractivity contribution in [3.63, 3.8) is 0 Å². The van der Waals surface area contributed by atoms with Crippen LogP contribution in [0.5, 0.6) is 0 Å². The summed E-state index contributed by atoms with van der Waals surface area (Å²) in [6, 6.07) is 1.23. The Bertz CT molecular complexity index is 569. The van der Waals surface area contributed by atoms with E-state index in [1.807, 2.05) is 6.92 Å². The lowest BCUT2D eigenvalue weighted by atomic mass is 10.3. The van der Waals surface area contributed by atoms with Crippen LogP contribution in [-0.2, 0) is 21.3 Å². The van der Waals surface area contributed by atoms with Crippen molar-refractivity contribution in [3.05, 3.63) is 16.5 Å². The van der Waals surface area contributed by atoms with E-state index in [-0.39, 0.29) is 22.2 Å². The molecule has 1 aromatic rings. The Morgan fingerprint density at radius 1 is 1.48 bits per heavy atom. The van der Waals surface area contributed by atoms with Gasteiger partial charge in [-0.1, -0.05) is 0 Å². The minimum absolute atomic E-state index is 0.0803. The number of ether oxygens (including phenoxy) is 1. The van der Waals surface area contributed by atoms with Gasteiger partial charge in [0.25, 0.3) is 0 Å². The van der Waals surface area contributed by atoms with Crippen molar-refractivity contribution in [2.75, 3.05) is 32.8 Å². The molecule has 2 heterocycles. The Labute approximate surface area is 133 Å². The molecule has 1 saturated heterocycles. The predicted molar refractivity (Wildman–Crippen MR) is 81.3 cm³/mol. The number of morpholine rings is 1. The van der Waals surface area contributed by atoms with Gasteiger partial charge in [0.1, 0.15) is 10.7 Å². The molecular weight excluding hydrogens is 362 g/mol. The van der Waals surface area contributed by atoms with Crippen molar-refractivity contribution < 1.29 is 17.6 Å². The molecule has 1 unspecified atom stereocenters. The molecule has 3 N–H and O–H groups in total. The van der Waals surface area contributed by atoms with Gasteiger partial charge in [0.15, 0.2) is 4.67 Å². The smallest absolute Gasteiger partial charge is 0.245 e. The lowest BCUT2D eigenvalue weighted by Crippen LogP contribution is -2.45. The number of halogens is 1. The summed E-state index contributed by atoms with van der Waals surface area (Å²) in [6.45, 7) is 5.64. The van der Waals surface area contributed by atoms with Crippen LogP contribution in [0, 0.1) is 0 Å². The van der Waals surface area contributed by atoms with Gasteiger partial charge < -0.3 is 14.9 Å². The Morgan fingerprint density at radius 3 is 2.71 bits per heavy atom. The van der Waals surface area contributed by atoms with E-state index in [1.165, 1.54) is 6.07 Å². The van der Waals surface area contributed by atoms with Crippen molar-refractivity contribution in [1.29, 1.82) is 0 Å². The van der Waals surface area contributed by atoms with Crippen LogP contribution in [-0.4, -0.2) is 52.2 Å². The molecule has 0 aliphatic carbocycles. The van der Waals surface area contributed by atoms with E-state index in [4.69, 9.17) is 14.9 Å². The van der Waals surface area contributed by atoms with E-state index in [0.29, 0.717) is 25.5 Å². The number of rotatable bonds is 6. The van der Waals surface area contributed by atoms with Gasteiger partial charge >= 0.3 is 0 Å². The lowest BCUT2D eigenvalue weighted by molar-refractivity contribution is 0.0354. The SMILES string of the molecule is CC(CN1CCOCC1)NS(=O)(=O)c1cc(CN)oc1Br. The Kier molecular flexibility index (Phi) is 5.81. The first-order valence-electron chi connectivity index (χ1n) is 6.73. The number of hydrogen-bond acceptors (Lipinski definition) is 6. The summed E-state index contributed by atoms with van der Waals surface area (Å²) in [5, 5.41) is 0. The predicted octanol–water partition coefficient (Wildman–Crippen LogP) is 0.500. The maximum absolute atomic E-state index is 12.3.